The second-order valence-corrected chi connectivity index (χ2v) is 5.68. The first-order chi connectivity index (χ1) is 9.74. The number of nitrogens with zero attached hydrogens (tertiary/aromatic N) is 2. The van der Waals surface area contributed by atoms with E-state index < -0.39 is 0 Å². The fourth-order valence-corrected chi connectivity index (χ4v) is 2.88. The van der Waals surface area contributed by atoms with E-state index in [1.807, 2.05) is 12.3 Å². The van der Waals surface area contributed by atoms with Crippen molar-refractivity contribution in [1.29, 1.82) is 0 Å². The molecule has 1 atom stereocenters. The predicted molar refractivity (Wildman–Crippen MR) is 82.8 cm³/mol. The van der Waals surface area contributed by atoms with Crippen molar-refractivity contribution in [3.8, 4) is 0 Å². The summed E-state index contributed by atoms with van der Waals surface area (Å²) in [7, 11) is 4.20. The number of hydrogen-bond acceptors (Lipinski definition) is 3. The van der Waals surface area contributed by atoms with Crippen LogP contribution >= 0.6 is 0 Å². The zero-order valence-electron chi connectivity index (χ0n) is 12.1. The van der Waals surface area contributed by atoms with E-state index in [4.69, 9.17) is 0 Å². The van der Waals surface area contributed by atoms with Crippen molar-refractivity contribution in [2.75, 3.05) is 19.4 Å². The maximum Gasteiger partial charge on any atom is 0.0691 e. The van der Waals surface area contributed by atoms with Gasteiger partial charge < -0.3 is 10.2 Å². The van der Waals surface area contributed by atoms with Crippen LogP contribution in [0.25, 0.3) is 0 Å². The van der Waals surface area contributed by atoms with Crippen molar-refractivity contribution < 1.29 is 0 Å². The molecule has 1 aromatic carbocycles. The van der Waals surface area contributed by atoms with Crippen LogP contribution in [0.1, 0.15) is 29.3 Å². The van der Waals surface area contributed by atoms with Crippen LogP contribution in [-0.2, 0) is 13.0 Å². The zero-order chi connectivity index (χ0) is 13.9. The average Bonchev–Trinajstić information content (AvgIpc) is 2.84. The van der Waals surface area contributed by atoms with Gasteiger partial charge in [-0.05, 0) is 50.2 Å². The van der Waals surface area contributed by atoms with Gasteiger partial charge >= 0.3 is 0 Å². The zero-order valence-corrected chi connectivity index (χ0v) is 12.1. The Balaban J connectivity index is 1.82. The SMILES string of the molecule is CN(C)Cc1ccccc1NC1CCc2cccnc21. The number of rotatable bonds is 4. The van der Waals surface area contributed by atoms with Gasteiger partial charge in [-0.25, -0.2) is 0 Å². The summed E-state index contributed by atoms with van der Waals surface area (Å²) in [5.74, 6) is 0. The Bertz CT molecular complexity index is 592. The predicted octanol–water partition coefficient (Wildman–Crippen LogP) is 3.24. The Morgan fingerprint density at radius 2 is 2.05 bits per heavy atom. The molecule has 0 saturated heterocycles. The smallest absolute Gasteiger partial charge is 0.0691 e. The van der Waals surface area contributed by atoms with Crippen LogP contribution in [0.5, 0.6) is 0 Å². The minimum atomic E-state index is 0.342. The molecule has 104 valence electrons. The maximum atomic E-state index is 4.55. The monoisotopic (exact) mass is 267 g/mol. The summed E-state index contributed by atoms with van der Waals surface area (Å²) in [5, 5.41) is 3.68. The van der Waals surface area contributed by atoms with E-state index in [2.05, 4.69) is 59.6 Å². The standard InChI is InChI=1S/C17H21N3/c1-20(2)12-14-6-3-4-8-15(14)19-16-10-9-13-7-5-11-18-17(13)16/h3-8,11,16,19H,9-10,12H2,1-2H3. The summed E-state index contributed by atoms with van der Waals surface area (Å²) >= 11 is 0. The van der Waals surface area contributed by atoms with Crippen LogP contribution in [0.3, 0.4) is 0 Å². The first kappa shape index (κ1) is 13.1. The van der Waals surface area contributed by atoms with Gasteiger partial charge in [-0.15, -0.1) is 0 Å². The molecule has 20 heavy (non-hydrogen) atoms. The third kappa shape index (κ3) is 2.68. The van der Waals surface area contributed by atoms with Gasteiger partial charge in [-0.1, -0.05) is 24.3 Å². The molecule has 0 amide bonds. The third-order valence-electron chi connectivity index (χ3n) is 3.79. The van der Waals surface area contributed by atoms with Crippen LogP contribution in [0.4, 0.5) is 5.69 Å². The molecule has 1 aliphatic rings. The van der Waals surface area contributed by atoms with Gasteiger partial charge in [-0.2, -0.15) is 0 Å². The fraction of sp³-hybridized carbons (Fsp3) is 0.353. The first-order valence-corrected chi connectivity index (χ1v) is 7.17. The lowest BCUT2D eigenvalue weighted by atomic mass is 10.1. The first-order valence-electron chi connectivity index (χ1n) is 7.17. The summed E-state index contributed by atoms with van der Waals surface area (Å²) in [5.41, 5.74) is 5.16. The topological polar surface area (TPSA) is 28.2 Å². The molecule has 2 aromatic rings. The van der Waals surface area contributed by atoms with Gasteiger partial charge in [0.05, 0.1) is 11.7 Å². The van der Waals surface area contributed by atoms with E-state index in [0.29, 0.717) is 6.04 Å². The maximum absolute atomic E-state index is 4.55. The minimum Gasteiger partial charge on any atom is -0.376 e. The summed E-state index contributed by atoms with van der Waals surface area (Å²) in [6, 6.07) is 13.1. The van der Waals surface area contributed by atoms with Gasteiger partial charge in [0.2, 0.25) is 0 Å². The highest BCUT2D eigenvalue weighted by Gasteiger charge is 2.23. The number of aromatic nitrogens is 1. The van der Waals surface area contributed by atoms with E-state index in [0.717, 1.165) is 19.4 Å². The molecule has 3 rings (SSSR count). The molecule has 1 N–H and O–H groups in total. The number of benzene rings is 1. The Morgan fingerprint density at radius 1 is 1.20 bits per heavy atom. The van der Waals surface area contributed by atoms with Gasteiger partial charge in [-0.3, -0.25) is 4.98 Å². The minimum absolute atomic E-state index is 0.342. The molecule has 0 bridgehead atoms. The molecule has 1 aliphatic carbocycles. The molecule has 0 saturated carbocycles. The molecular weight excluding hydrogens is 246 g/mol. The van der Waals surface area contributed by atoms with E-state index in [-0.39, 0.29) is 0 Å². The number of hydrogen-bond donors (Lipinski definition) is 1. The fourth-order valence-electron chi connectivity index (χ4n) is 2.88. The molecule has 0 fully saturated rings. The molecule has 0 aliphatic heterocycles. The van der Waals surface area contributed by atoms with Gasteiger partial charge in [0.25, 0.3) is 0 Å². The van der Waals surface area contributed by atoms with Crippen molar-refractivity contribution in [3.63, 3.8) is 0 Å². The van der Waals surface area contributed by atoms with Gasteiger partial charge in [0.15, 0.2) is 0 Å². The summed E-state index contributed by atoms with van der Waals surface area (Å²) < 4.78 is 0. The molecular formula is C17H21N3. The van der Waals surface area contributed by atoms with Crippen LogP contribution in [0.2, 0.25) is 0 Å². The second kappa shape index (κ2) is 5.63. The second-order valence-electron chi connectivity index (χ2n) is 5.68. The quantitative estimate of drug-likeness (QED) is 0.921. The van der Waals surface area contributed by atoms with Crippen molar-refractivity contribution in [1.82, 2.24) is 9.88 Å². The Morgan fingerprint density at radius 3 is 2.90 bits per heavy atom. The van der Waals surface area contributed by atoms with Crippen LogP contribution in [-0.4, -0.2) is 24.0 Å². The van der Waals surface area contributed by atoms with Crippen LogP contribution in [0, 0.1) is 0 Å². The largest absolute Gasteiger partial charge is 0.376 e. The molecule has 3 nitrogen and oxygen atoms in total. The van der Waals surface area contributed by atoms with Crippen molar-refractivity contribution in [2.24, 2.45) is 0 Å². The molecule has 1 unspecified atom stereocenters. The number of nitrogens with one attached hydrogen (secondary N) is 1. The van der Waals surface area contributed by atoms with Crippen molar-refractivity contribution in [3.05, 3.63) is 59.4 Å². The highest BCUT2D eigenvalue weighted by molar-refractivity contribution is 5.53. The van der Waals surface area contributed by atoms with Gasteiger partial charge in [0.1, 0.15) is 0 Å². The lowest BCUT2D eigenvalue weighted by molar-refractivity contribution is 0.403. The van der Waals surface area contributed by atoms with Crippen molar-refractivity contribution in [2.45, 2.75) is 25.4 Å². The molecule has 3 heteroatoms. The highest BCUT2D eigenvalue weighted by Crippen LogP contribution is 2.33. The molecule has 1 heterocycles. The van der Waals surface area contributed by atoms with E-state index in [9.17, 15) is 0 Å². The summed E-state index contributed by atoms with van der Waals surface area (Å²) in [6.07, 6.45) is 4.14. The number of para-hydroxylation sites is 1. The highest BCUT2D eigenvalue weighted by atomic mass is 15.1. The Hall–Kier alpha value is -1.87. The summed E-state index contributed by atoms with van der Waals surface area (Å²) in [6.45, 7) is 0.949. The Labute approximate surface area is 120 Å². The van der Waals surface area contributed by atoms with E-state index >= 15 is 0 Å². The van der Waals surface area contributed by atoms with Gasteiger partial charge in [0, 0.05) is 18.4 Å². The lowest BCUT2D eigenvalue weighted by Gasteiger charge is -2.19. The number of aryl methyl sites for hydroxylation is 1. The van der Waals surface area contributed by atoms with Crippen molar-refractivity contribution >= 4 is 5.69 Å². The van der Waals surface area contributed by atoms with E-state index in [1.165, 1.54) is 22.5 Å². The summed E-state index contributed by atoms with van der Waals surface area (Å²) in [4.78, 5) is 6.75. The number of anilines is 1. The van der Waals surface area contributed by atoms with Crippen LogP contribution < -0.4 is 5.32 Å². The average molecular weight is 267 g/mol. The van der Waals surface area contributed by atoms with E-state index in [1.54, 1.807) is 0 Å². The van der Waals surface area contributed by atoms with Crippen LogP contribution in [0.15, 0.2) is 42.6 Å². The Kier molecular flexibility index (Phi) is 3.70. The third-order valence-corrected chi connectivity index (χ3v) is 3.79. The number of fused-ring (bicyclic) bond motifs is 1. The number of pyridine rings is 1. The lowest BCUT2D eigenvalue weighted by Crippen LogP contribution is -2.15. The molecule has 0 spiro atoms. The molecule has 0 radical (unpaired) electrons. The normalized spacial score (nSPS) is 17.2. The molecule has 1 aromatic heterocycles.